The minimum absolute atomic E-state index is 0.0693. The van der Waals surface area contributed by atoms with Gasteiger partial charge in [0.25, 0.3) is 0 Å². The predicted octanol–water partition coefficient (Wildman–Crippen LogP) is -0.0696. The molecule has 2 saturated heterocycles. The van der Waals surface area contributed by atoms with E-state index in [1.54, 1.807) is 9.80 Å². The Hall–Kier alpha value is -1.59. The molecule has 2 heterocycles. The van der Waals surface area contributed by atoms with Crippen LogP contribution in [-0.4, -0.2) is 58.4 Å². The molecule has 2 rings (SSSR count). The van der Waals surface area contributed by atoms with Crippen LogP contribution in [0.5, 0.6) is 0 Å². The van der Waals surface area contributed by atoms with E-state index < -0.39 is 11.4 Å². The van der Waals surface area contributed by atoms with E-state index >= 15 is 0 Å². The zero-order valence-corrected chi connectivity index (χ0v) is 10.7. The summed E-state index contributed by atoms with van der Waals surface area (Å²) in [6, 6.07) is 0.0693. The minimum atomic E-state index is -1.40. The number of nitrogens with zero attached hydrogens (tertiary/aromatic N) is 2. The van der Waals surface area contributed by atoms with Gasteiger partial charge in [0, 0.05) is 32.1 Å². The number of amides is 2. The number of hydrogen-bond donors (Lipinski definition) is 1. The van der Waals surface area contributed by atoms with Crippen molar-refractivity contribution in [1.29, 1.82) is 0 Å². The van der Waals surface area contributed by atoms with Gasteiger partial charge in [0.05, 0.1) is 0 Å². The van der Waals surface area contributed by atoms with Gasteiger partial charge in [-0.05, 0) is 20.3 Å². The fraction of sp³-hybridized carbons (Fsp3) is 0.750. The fourth-order valence-electron chi connectivity index (χ4n) is 2.54. The number of fused-ring (bicyclic) bond motifs is 1. The summed E-state index contributed by atoms with van der Waals surface area (Å²) in [5.74, 6) is -1.34. The molecule has 0 spiro atoms. The minimum Gasteiger partial charge on any atom is -0.480 e. The highest BCUT2D eigenvalue weighted by molar-refractivity contribution is 6.01. The molecule has 1 atom stereocenters. The van der Waals surface area contributed by atoms with Crippen LogP contribution in [-0.2, 0) is 14.4 Å². The molecule has 2 amide bonds. The van der Waals surface area contributed by atoms with E-state index in [0.29, 0.717) is 26.1 Å². The summed E-state index contributed by atoms with van der Waals surface area (Å²) in [6.07, 6.45) is 1.30. The molecule has 18 heavy (non-hydrogen) atoms. The molecule has 0 aromatic carbocycles. The Bertz CT molecular complexity index is 405. The summed E-state index contributed by atoms with van der Waals surface area (Å²) in [6.45, 7) is 4.25. The van der Waals surface area contributed by atoms with Crippen LogP contribution >= 0.6 is 0 Å². The molecule has 100 valence electrons. The molecule has 1 unspecified atom stereocenters. The molecule has 6 nitrogen and oxygen atoms in total. The van der Waals surface area contributed by atoms with Gasteiger partial charge in [-0.1, -0.05) is 0 Å². The van der Waals surface area contributed by atoms with E-state index in [2.05, 4.69) is 0 Å². The third-order valence-corrected chi connectivity index (χ3v) is 3.85. The average Bonchev–Trinajstić information content (AvgIpc) is 2.69. The van der Waals surface area contributed by atoms with Crippen LogP contribution in [0.15, 0.2) is 0 Å². The van der Waals surface area contributed by atoms with Gasteiger partial charge in [0.15, 0.2) is 0 Å². The maximum Gasteiger partial charge on any atom is 0.318 e. The third kappa shape index (κ3) is 1.95. The number of carboxylic acids is 1. The van der Waals surface area contributed by atoms with Gasteiger partial charge in [0.1, 0.15) is 5.41 Å². The van der Waals surface area contributed by atoms with Crippen LogP contribution in [0, 0.1) is 5.41 Å². The van der Waals surface area contributed by atoms with Crippen molar-refractivity contribution in [2.75, 3.05) is 19.6 Å². The van der Waals surface area contributed by atoms with Crippen LogP contribution in [0.25, 0.3) is 0 Å². The van der Waals surface area contributed by atoms with E-state index in [1.807, 2.05) is 0 Å². The molecule has 2 aliphatic heterocycles. The van der Waals surface area contributed by atoms with Crippen molar-refractivity contribution in [3.8, 4) is 0 Å². The Kier molecular flexibility index (Phi) is 3.04. The standard InChI is InChI=1S/C12H18N2O4/c1-12(2,11(17)18)10(16)13-5-6-14-8(7-13)3-4-9(14)15/h8H,3-7H2,1-2H3,(H,17,18). The summed E-state index contributed by atoms with van der Waals surface area (Å²) < 4.78 is 0. The smallest absolute Gasteiger partial charge is 0.318 e. The number of carbonyl (C=O) groups excluding carboxylic acids is 2. The predicted molar refractivity (Wildman–Crippen MR) is 62.7 cm³/mol. The van der Waals surface area contributed by atoms with Crippen LogP contribution in [0.3, 0.4) is 0 Å². The third-order valence-electron chi connectivity index (χ3n) is 3.85. The zero-order chi connectivity index (χ0) is 13.5. The highest BCUT2D eigenvalue weighted by Gasteiger charge is 2.43. The number of carboxylic acid groups (broad SMARTS) is 1. The van der Waals surface area contributed by atoms with Gasteiger partial charge in [-0.15, -0.1) is 0 Å². The number of hydrogen-bond acceptors (Lipinski definition) is 3. The van der Waals surface area contributed by atoms with Gasteiger partial charge in [-0.2, -0.15) is 0 Å². The van der Waals surface area contributed by atoms with Crippen molar-refractivity contribution >= 4 is 17.8 Å². The lowest BCUT2D eigenvalue weighted by molar-refractivity contribution is -0.160. The molecule has 0 radical (unpaired) electrons. The van der Waals surface area contributed by atoms with Crippen molar-refractivity contribution in [3.05, 3.63) is 0 Å². The normalized spacial score (nSPS) is 24.1. The van der Waals surface area contributed by atoms with E-state index in [4.69, 9.17) is 5.11 Å². The van der Waals surface area contributed by atoms with E-state index in [9.17, 15) is 14.4 Å². The van der Waals surface area contributed by atoms with Crippen molar-refractivity contribution in [3.63, 3.8) is 0 Å². The topological polar surface area (TPSA) is 77.9 Å². The van der Waals surface area contributed by atoms with Crippen LogP contribution in [0.1, 0.15) is 26.7 Å². The van der Waals surface area contributed by atoms with Crippen molar-refractivity contribution in [2.45, 2.75) is 32.7 Å². The second-order valence-corrected chi connectivity index (χ2v) is 5.46. The lowest BCUT2D eigenvalue weighted by Crippen LogP contribution is -2.56. The molecule has 0 aromatic heterocycles. The molecule has 6 heteroatoms. The number of rotatable bonds is 2. The Morgan fingerprint density at radius 3 is 2.61 bits per heavy atom. The van der Waals surface area contributed by atoms with E-state index in [0.717, 1.165) is 6.42 Å². The Labute approximate surface area is 106 Å². The number of carbonyl (C=O) groups is 3. The van der Waals surface area contributed by atoms with Gasteiger partial charge in [0.2, 0.25) is 11.8 Å². The first-order valence-electron chi connectivity index (χ1n) is 6.16. The largest absolute Gasteiger partial charge is 0.480 e. The van der Waals surface area contributed by atoms with Crippen LogP contribution in [0.4, 0.5) is 0 Å². The molecule has 2 aliphatic rings. The molecular formula is C12H18N2O4. The second-order valence-electron chi connectivity index (χ2n) is 5.46. The number of piperazine rings is 1. The van der Waals surface area contributed by atoms with Gasteiger partial charge in [-0.3, -0.25) is 14.4 Å². The number of aliphatic carboxylic acids is 1. The van der Waals surface area contributed by atoms with Crippen molar-refractivity contribution < 1.29 is 19.5 Å². The summed E-state index contributed by atoms with van der Waals surface area (Å²) in [5.41, 5.74) is -1.40. The zero-order valence-electron chi connectivity index (χ0n) is 10.7. The maximum atomic E-state index is 12.2. The first kappa shape index (κ1) is 12.9. The molecule has 0 aromatic rings. The van der Waals surface area contributed by atoms with Crippen LogP contribution < -0.4 is 0 Å². The lowest BCUT2D eigenvalue weighted by Gasteiger charge is -2.39. The van der Waals surface area contributed by atoms with E-state index in [-0.39, 0.29) is 17.9 Å². The Morgan fingerprint density at radius 1 is 1.33 bits per heavy atom. The molecule has 2 fully saturated rings. The van der Waals surface area contributed by atoms with Crippen LogP contribution in [0.2, 0.25) is 0 Å². The molecule has 0 bridgehead atoms. The molecule has 0 saturated carbocycles. The maximum absolute atomic E-state index is 12.2. The molecule has 0 aliphatic carbocycles. The highest BCUT2D eigenvalue weighted by Crippen LogP contribution is 2.26. The first-order valence-corrected chi connectivity index (χ1v) is 6.16. The Morgan fingerprint density at radius 2 is 2.00 bits per heavy atom. The van der Waals surface area contributed by atoms with Crippen molar-refractivity contribution in [2.24, 2.45) is 5.41 Å². The SMILES string of the molecule is CC(C)(C(=O)O)C(=O)N1CCN2C(=O)CCC2C1. The van der Waals surface area contributed by atoms with Gasteiger partial charge >= 0.3 is 5.97 Å². The summed E-state index contributed by atoms with van der Waals surface area (Å²) in [5, 5.41) is 9.06. The molecule has 1 N–H and O–H groups in total. The first-order chi connectivity index (χ1) is 8.34. The Balaban J connectivity index is 2.06. The molecular weight excluding hydrogens is 236 g/mol. The summed E-state index contributed by atoms with van der Waals surface area (Å²) in [7, 11) is 0. The second kappa shape index (κ2) is 4.26. The summed E-state index contributed by atoms with van der Waals surface area (Å²) in [4.78, 5) is 38.1. The monoisotopic (exact) mass is 254 g/mol. The van der Waals surface area contributed by atoms with Gasteiger partial charge < -0.3 is 14.9 Å². The van der Waals surface area contributed by atoms with Crippen molar-refractivity contribution in [1.82, 2.24) is 9.80 Å². The lowest BCUT2D eigenvalue weighted by atomic mass is 9.91. The summed E-state index contributed by atoms with van der Waals surface area (Å²) >= 11 is 0. The highest BCUT2D eigenvalue weighted by atomic mass is 16.4. The fourth-order valence-corrected chi connectivity index (χ4v) is 2.54. The quantitative estimate of drug-likeness (QED) is 0.700. The average molecular weight is 254 g/mol. The van der Waals surface area contributed by atoms with E-state index in [1.165, 1.54) is 13.8 Å². The van der Waals surface area contributed by atoms with Gasteiger partial charge in [-0.25, -0.2) is 0 Å².